The van der Waals surface area contributed by atoms with Crippen molar-refractivity contribution in [2.75, 3.05) is 14.1 Å². The maximum absolute atomic E-state index is 15.5. The van der Waals surface area contributed by atoms with E-state index in [9.17, 15) is 9.90 Å². The second-order valence-corrected chi connectivity index (χ2v) is 20.5. The van der Waals surface area contributed by atoms with Crippen LogP contribution in [0, 0.1) is 18.8 Å². The molecule has 3 aromatic carbocycles. The van der Waals surface area contributed by atoms with E-state index in [4.69, 9.17) is 13.7 Å². The molecular weight excluding hydrogens is 649 g/mol. The number of carbonyl (C=O) groups excluding carboxylic acids is 3. The van der Waals surface area contributed by atoms with Crippen molar-refractivity contribution in [1.29, 1.82) is 0 Å². The van der Waals surface area contributed by atoms with Crippen molar-refractivity contribution in [3.05, 3.63) is 99.3 Å². The molecule has 1 N–H and O–H groups in total. The fourth-order valence-electron chi connectivity index (χ4n) is 8.15. The van der Waals surface area contributed by atoms with Gasteiger partial charge in [0.2, 0.25) is 11.6 Å². The molecule has 4 atom stereocenters. The van der Waals surface area contributed by atoms with Gasteiger partial charge in [0.1, 0.15) is 17.9 Å². The van der Waals surface area contributed by atoms with E-state index in [1.54, 1.807) is 6.07 Å². The molecule has 3 aliphatic rings. The van der Waals surface area contributed by atoms with E-state index in [2.05, 4.69) is 25.9 Å². The van der Waals surface area contributed by atoms with Crippen molar-refractivity contribution in [3.63, 3.8) is 0 Å². The van der Waals surface area contributed by atoms with E-state index in [1.807, 2.05) is 87.5 Å². The number of carbonyl (C=O) groups is 3. The highest BCUT2D eigenvalue weighted by Gasteiger charge is 2.68. The Bertz CT molecular complexity index is 2090. The largest absolute Gasteiger partial charge is 0.507 e. The normalized spacial score (nSPS) is 23.4. The molecule has 9 nitrogen and oxygen atoms in total. The van der Waals surface area contributed by atoms with Gasteiger partial charge < -0.3 is 18.8 Å². The molecule has 4 aromatic rings. The number of ketones is 2. The zero-order valence-electron chi connectivity index (χ0n) is 29.9. The van der Waals surface area contributed by atoms with E-state index in [0.717, 1.165) is 33.7 Å². The number of aliphatic hydroxyl groups is 1. The molecule has 0 bridgehead atoms. The number of benzene rings is 3. The molecule has 0 aliphatic heterocycles. The van der Waals surface area contributed by atoms with Gasteiger partial charge in [0.15, 0.2) is 26.0 Å². The number of aryl methyl sites for hydroxylation is 1. The topological polar surface area (TPSA) is 119 Å². The number of aromatic nitrogens is 1. The Kier molecular flexibility index (Phi) is 8.08. The van der Waals surface area contributed by atoms with Crippen molar-refractivity contribution in [1.82, 2.24) is 10.1 Å². The first kappa shape index (κ1) is 34.1. The van der Waals surface area contributed by atoms with Gasteiger partial charge in [0.05, 0.1) is 6.04 Å². The van der Waals surface area contributed by atoms with Gasteiger partial charge in [-0.15, -0.1) is 0 Å². The summed E-state index contributed by atoms with van der Waals surface area (Å²) >= 11 is 0. The SMILES string of the molecule is Cc1c2c(cc3c(C=O)cccc13)C[C@H]1C[C@H]3[C@H](N(C)C)c4onc(OCc5ccccc5)c4C(=O)[C@@]3(O[Si](C)(C)C(C)(C)C)C(=O)C1=C2O. The van der Waals surface area contributed by atoms with Crippen LogP contribution in [0.2, 0.25) is 18.1 Å². The Morgan fingerprint density at radius 2 is 1.76 bits per heavy atom. The summed E-state index contributed by atoms with van der Waals surface area (Å²) in [6.45, 7) is 12.4. The van der Waals surface area contributed by atoms with Crippen LogP contribution in [0.1, 0.15) is 82.0 Å². The van der Waals surface area contributed by atoms with Gasteiger partial charge in [0, 0.05) is 22.6 Å². The fraction of sp³-hybridized carbons (Fsp3) is 0.400. The van der Waals surface area contributed by atoms with E-state index in [-0.39, 0.29) is 34.4 Å². The minimum atomic E-state index is -2.84. The first-order valence-electron chi connectivity index (χ1n) is 17.2. The molecular formula is C40H44N2O7Si. The number of Topliss-reactive ketones (excluding diaryl/α,β-unsaturated/α-hetero) is 2. The van der Waals surface area contributed by atoms with Crippen LogP contribution in [0.4, 0.5) is 0 Å². The fourth-order valence-corrected chi connectivity index (χ4v) is 9.60. The molecule has 7 rings (SSSR count). The van der Waals surface area contributed by atoms with E-state index < -0.39 is 43.4 Å². The summed E-state index contributed by atoms with van der Waals surface area (Å²) in [7, 11) is 0.950. The summed E-state index contributed by atoms with van der Waals surface area (Å²) in [6.07, 6.45) is 1.68. The summed E-state index contributed by atoms with van der Waals surface area (Å²) < 4.78 is 19.3. The van der Waals surface area contributed by atoms with Crippen molar-refractivity contribution in [2.24, 2.45) is 11.8 Å². The molecule has 0 amide bonds. The Labute approximate surface area is 293 Å². The Hall–Kier alpha value is -4.38. The molecule has 1 saturated carbocycles. The van der Waals surface area contributed by atoms with Crippen molar-refractivity contribution < 1.29 is 33.2 Å². The van der Waals surface area contributed by atoms with Gasteiger partial charge in [-0.1, -0.05) is 69.3 Å². The lowest BCUT2D eigenvalue weighted by Crippen LogP contribution is -2.68. The smallest absolute Gasteiger partial charge is 0.265 e. The van der Waals surface area contributed by atoms with Crippen LogP contribution in [0.3, 0.4) is 0 Å². The molecule has 50 heavy (non-hydrogen) atoms. The lowest BCUT2D eigenvalue weighted by atomic mass is 9.57. The number of aliphatic hydroxyl groups excluding tert-OH is 1. The average Bonchev–Trinajstić information content (AvgIpc) is 3.48. The van der Waals surface area contributed by atoms with Gasteiger partial charge in [-0.05, 0) is 96.6 Å². The second-order valence-electron chi connectivity index (χ2n) is 15.8. The summed E-state index contributed by atoms with van der Waals surface area (Å²) in [4.78, 5) is 44.8. The molecule has 1 heterocycles. The number of rotatable bonds is 7. The number of hydrogen-bond acceptors (Lipinski definition) is 9. The average molecular weight is 693 g/mol. The van der Waals surface area contributed by atoms with Crippen molar-refractivity contribution in [2.45, 2.75) is 76.9 Å². The van der Waals surface area contributed by atoms with Gasteiger partial charge in [-0.3, -0.25) is 19.3 Å². The zero-order valence-corrected chi connectivity index (χ0v) is 30.9. The number of hydrogen-bond donors (Lipinski definition) is 1. The lowest BCUT2D eigenvalue weighted by molar-refractivity contribution is -0.140. The maximum Gasteiger partial charge on any atom is 0.265 e. The lowest BCUT2D eigenvalue weighted by Gasteiger charge is -2.55. The highest BCUT2D eigenvalue weighted by atomic mass is 28.4. The zero-order chi connectivity index (χ0) is 35.9. The highest BCUT2D eigenvalue weighted by molar-refractivity contribution is 6.74. The van der Waals surface area contributed by atoms with Crippen LogP contribution >= 0.6 is 0 Å². The van der Waals surface area contributed by atoms with Gasteiger partial charge in [-0.2, -0.15) is 0 Å². The molecule has 260 valence electrons. The minimum absolute atomic E-state index is 0.0211. The van der Waals surface area contributed by atoms with Crippen LogP contribution in [0.5, 0.6) is 5.88 Å². The van der Waals surface area contributed by atoms with Crippen LogP contribution < -0.4 is 4.74 Å². The molecule has 0 saturated heterocycles. The minimum Gasteiger partial charge on any atom is -0.507 e. The molecule has 0 unspecified atom stereocenters. The molecule has 1 aromatic heterocycles. The standard InChI is InChI=1S/C40H44N2O7Si/c1-22-27-16-12-15-24(20-43)28(27)18-25-17-26-19-29-33(42(5)6)35-32(38(41-48-35)47-21-23-13-10-9-11-14-23)37(46)40(29,49-50(7,8)39(2,3)4)36(45)31(26)34(44)30(22)25/h9-16,18,20,26,29,33,44H,17,19,21H2,1-8H3/t26-,29-,33-,40-/m0/s1. The predicted octanol–water partition coefficient (Wildman–Crippen LogP) is 7.82. The highest BCUT2D eigenvalue weighted by Crippen LogP contribution is 2.59. The van der Waals surface area contributed by atoms with E-state index in [0.29, 0.717) is 29.7 Å². The van der Waals surface area contributed by atoms with Crippen molar-refractivity contribution in [3.8, 4) is 5.88 Å². The summed E-state index contributed by atoms with van der Waals surface area (Å²) in [5, 5.41) is 17.8. The number of nitrogens with zero attached hydrogens (tertiary/aromatic N) is 2. The summed E-state index contributed by atoms with van der Waals surface area (Å²) in [6, 6.07) is 16.5. The monoisotopic (exact) mass is 692 g/mol. The van der Waals surface area contributed by atoms with Crippen LogP contribution in [-0.2, 0) is 22.2 Å². The second kappa shape index (κ2) is 11.9. The molecule has 10 heteroatoms. The van der Waals surface area contributed by atoms with Crippen molar-refractivity contribution >= 4 is 42.7 Å². The number of aldehydes is 1. The first-order valence-corrected chi connectivity index (χ1v) is 20.1. The summed E-state index contributed by atoms with van der Waals surface area (Å²) in [5.74, 6) is -1.85. The molecule has 3 aliphatic carbocycles. The Morgan fingerprint density at radius 1 is 1.04 bits per heavy atom. The third kappa shape index (κ3) is 4.94. The maximum atomic E-state index is 15.5. The Balaban J connectivity index is 1.45. The molecule has 0 spiro atoms. The molecule has 1 fully saturated rings. The van der Waals surface area contributed by atoms with Crippen LogP contribution in [0.15, 0.2) is 64.7 Å². The van der Waals surface area contributed by atoms with E-state index >= 15 is 9.59 Å². The van der Waals surface area contributed by atoms with Crippen LogP contribution in [0.25, 0.3) is 16.5 Å². The Morgan fingerprint density at radius 3 is 2.42 bits per heavy atom. The van der Waals surface area contributed by atoms with Gasteiger partial charge >= 0.3 is 0 Å². The molecule has 0 radical (unpaired) electrons. The predicted molar refractivity (Wildman–Crippen MR) is 193 cm³/mol. The van der Waals surface area contributed by atoms with Gasteiger partial charge in [-0.25, -0.2) is 0 Å². The van der Waals surface area contributed by atoms with Crippen LogP contribution in [-0.4, -0.2) is 61.0 Å². The number of ether oxygens (including phenoxy) is 1. The van der Waals surface area contributed by atoms with E-state index in [1.165, 1.54) is 0 Å². The number of fused-ring (bicyclic) bond motifs is 5. The summed E-state index contributed by atoms with van der Waals surface area (Å²) in [5.41, 5.74) is 2.05. The quantitative estimate of drug-likeness (QED) is 0.117. The van der Waals surface area contributed by atoms with Gasteiger partial charge in [0.25, 0.3) is 5.88 Å². The third-order valence-corrected chi connectivity index (χ3v) is 16.0. The first-order chi connectivity index (χ1) is 23.6. The third-order valence-electron chi connectivity index (χ3n) is 11.6.